The Bertz CT molecular complexity index is 1380. The summed E-state index contributed by atoms with van der Waals surface area (Å²) >= 11 is 0. The quantitative estimate of drug-likeness (QED) is 0.438. The molecule has 2 aliphatic rings. The molecule has 4 aromatic rings. The second-order valence-electron chi connectivity index (χ2n) is 8.69. The molecule has 7 nitrogen and oxygen atoms in total. The maximum atomic E-state index is 13.4. The minimum absolute atomic E-state index is 0.250. The third-order valence-electron chi connectivity index (χ3n) is 6.28. The van der Waals surface area contributed by atoms with Crippen LogP contribution in [-0.4, -0.2) is 43.1 Å². The van der Waals surface area contributed by atoms with Gasteiger partial charge in [-0.3, -0.25) is 0 Å². The van der Waals surface area contributed by atoms with Crippen LogP contribution in [0.5, 0.6) is 0 Å². The van der Waals surface area contributed by atoms with Gasteiger partial charge in [0.2, 0.25) is 0 Å². The van der Waals surface area contributed by atoms with E-state index in [9.17, 15) is 4.21 Å². The van der Waals surface area contributed by atoms with E-state index in [1.54, 1.807) is 18.4 Å². The van der Waals surface area contributed by atoms with E-state index in [0.29, 0.717) is 10.8 Å². The molecule has 2 fully saturated rings. The summed E-state index contributed by atoms with van der Waals surface area (Å²) in [6.45, 7) is 0. The first kappa shape index (κ1) is 19.6. The van der Waals surface area contributed by atoms with Crippen LogP contribution in [0.15, 0.2) is 71.6 Å². The summed E-state index contributed by atoms with van der Waals surface area (Å²) in [5.41, 5.74) is 4.75. The molecule has 1 aliphatic carbocycles. The van der Waals surface area contributed by atoms with Gasteiger partial charge in [0.15, 0.2) is 11.6 Å². The highest BCUT2D eigenvalue weighted by Gasteiger charge is 2.50. The van der Waals surface area contributed by atoms with Crippen molar-refractivity contribution >= 4 is 26.7 Å². The summed E-state index contributed by atoms with van der Waals surface area (Å²) in [7, 11) is 0.288. The lowest BCUT2D eigenvalue weighted by molar-refractivity contribution is 0.488. The Morgan fingerprint density at radius 1 is 1.06 bits per heavy atom. The van der Waals surface area contributed by atoms with Crippen LogP contribution in [0.4, 0.5) is 11.5 Å². The summed E-state index contributed by atoms with van der Waals surface area (Å²) in [6.07, 6.45) is 2.38. The van der Waals surface area contributed by atoms with E-state index in [1.807, 2.05) is 53.0 Å². The number of hydrogen-bond donors (Lipinski definition) is 1. The van der Waals surface area contributed by atoms with Crippen LogP contribution < -0.4 is 5.32 Å². The Hall–Kier alpha value is -3.07. The fourth-order valence-electron chi connectivity index (χ4n) is 3.99. The highest BCUT2D eigenvalue weighted by atomic mass is 32.3. The number of nitrogens with one attached hydrogen (secondary N) is 1. The maximum Gasteiger partial charge on any atom is 0.176 e. The average Bonchev–Trinajstić information content (AvgIpc) is 3.73. The molecule has 0 bridgehead atoms. The van der Waals surface area contributed by atoms with Gasteiger partial charge >= 0.3 is 0 Å². The topological polar surface area (TPSA) is 75.1 Å². The van der Waals surface area contributed by atoms with Crippen molar-refractivity contribution < 1.29 is 8.39 Å². The van der Waals surface area contributed by atoms with E-state index in [4.69, 9.17) is 14.3 Å². The first-order valence-corrected chi connectivity index (χ1v) is 12.8. The van der Waals surface area contributed by atoms with E-state index in [2.05, 4.69) is 23.5 Å². The summed E-state index contributed by atoms with van der Waals surface area (Å²) in [5.74, 6) is 1.63. The van der Waals surface area contributed by atoms with E-state index < -0.39 is 9.53 Å². The molecule has 0 amide bonds. The van der Waals surface area contributed by atoms with Gasteiger partial charge in [-0.2, -0.15) is 13.8 Å². The van der Waals surface area contributed by atoms with Crippen molar-refractivity contribution in [1.29, 1.82) is 0 Å². The molecule has 0 atom stereocenters. The van der Waals surface area contributed by atoms with E-state index >= 15 is 0 Å². The second-order valence-corrected chi connectivity index (χ2v) is 12.3. The molecule has 1 saturated carbocycles. The van der Waals surface area contributed by atoms with Crippen molar-refractivity contribution in [2.45, 2.75) is 23.7 Å². The number of benzene rings is 2. The van der Waals surface area contributed by atoms with Gasteiger partial charge < -0.3 is 5.32 Å². The third kappa shape index (κ3) is 3.06. The van der Waals surface area contributed by atoms with Crippen molar-refractivity contribution in [3.05, 3.63) is 72.4 Å². The molecular weight excluding hydrogens is 422 g/mol. The number of aromatic nitrogens is 3. The van der Waals surface area contributed by atoms with Crippen molar-refractivity contribution in [3.8, 4) is 11.3 Å². The van der Waals surface area contributed by atoms with Crippen LogP contribution in [0.25, 0.3) is 16.9 Å². The Morgan fingerprint density at radius 3 is 2.41 bits per heavy atom. The van der Waals surface area contributed by atoms with Crippen LogP contribution in [0.3, 0.4) is 0 Å². The Labute approximate surface area is 186 Å². The molecule has 164 valence electrons. The monoisotopic (exact) mass is 447 g/mol. The molecule has 2 aromatic carbocycles. The fourth-order valence-corrected chi connectivity index (χ4v) is 6.30. The molecule has 0 radical (unpaired) electrons. The number of hydrogen-bond acceptors (Lipinski definition) is 5. The second kappa shape index (κ2) is 6.71. The van der Waals surface area contributed by atoms with Gasteiger partial charge in [-0.25, -0.2) is 13.5 Å². The minimum atomic E-state index is -3.30. The first-order valence-electron chi connectivity index (χ1n) is 10.8. The molecule has 2 aromatic heterocycles. The zero-order valence-electron chi connectivity index (χ0n) is 18.1. The SMILES string of the molecule is CN(C)S1(=O)(c2ccc(Nc3cc(-c4ccccc4)nc4cc(C5CC5)nn34)cc2)CO1. The zero-order valence-corrected chi connectivity index (χ0v) is 18.9. The van der Waals surface area contributed by atoms with Gasteiger partial charge in [0.05, 0.1) is 16.3 Å². The lowest BCUT2D eigenvalue weighted by Crippen LogP contribution is -2.33. The van der Waals surface area contributed by atoms with Gasteiger partial charge in [0, 0.05) is 43.4 Å². The lowest BCUT2D eigenvalue weighted by atomic mass is 10.1. The molecule has 3 heterocycles. The minimum Gasteiger partial charge on any atom is -0.340 e. The molecule has 1 aliphatic heterocycles. The molecule has 6 rings (SSSR count). The van der Waals surface area contributed by atoms with Crippen LogP contribution in [0.1, 0.15) is 24.5 Å². The molecule has 1 N–H and O–H groups in total. The predicted molar refractivity (Wildman–Crippen MR) is 126 cm³/mol. The smallest absolute Gasteiger partial charge is 0.176 e. The first-order chi connectivity index (χ1) is 15.4. The molecule has 0 unspecified atom stereocenters. The average molecular weight is 448 g/mol. The summed E-state index contributed by atoms with van der Waals surface area (Å²) in [6, 6.07) is 21.9. The van der Waals surface area contributed by atoms with Crippen molar-refractivity contribution in [3.63, 3.8) is 0 Å². The molecule has 1 saturated heterocycles. The summed E-state index contributed by atoms with van der Waals surface area (Å²) in [5, 5.41) is 8.31. The molecule has 32 heavy (non-hydrogen) atoms. The van der Waals surface area contributed by atoms with Gasteiger partial charge in [-0.1, -0.05) is 39.9 Å². The Morgan fingerprint density at radius 2 is 1.78 bits per heavy atom. The Balaban J connectivity index is 1.39. The maximum absolute atomic E-state index is 13.4. The third-order valence-corrected chi connectivity index (χ3v) is 9.83. The molecular formula is C24H25N5O2S. The van der Waals surface area contributed by atoms with Crippen molar-refractivity contribution in [1.82, 2.24) is 18.9 Å². The summed E-state index contributed by atoms with van der Waals surface area (Å²) in [4.78, 5) is 5.57. The number of anilines is 2. The van der Waals surface area contributed by atoms with E-state index in [1.165, 1.54) is 12.8 Å². The number of rotatable bonds is 6. The predicted octanol–water partition coefficient (Wildman–Crippen LogP) is 4.58. The van der Waals surface area contributed by atoms with Crippen molar-refractivity contribution in [2.75, 3.05) is 25.4 Å². The standard InChI is InChI=1S/C24H25N5O2S/c1-28(2)32(30,16-31-32)20-12-10-19(11-13-20)25-23-14-21(17-6-4-3-5-7-17)26-24-15-22(18-8-9-18)27-29(23)24/h3-7,10-15,18,25H,8-9,16H2,1-2H3. The van der Waals surface area contributed by atoms with Crippen molar-refractivity contribution in [2.24, 2.45) is 0 Å². The largest absolute Gasteiger partial charge is 0.340 e. The van der Waals surface area contributed by atoms with Gasteiger partial charge in [-0.15, -0.1) is 0 Å². The normalized spacial score (nSPS) is 20.0. The van der Waals surface area contributed by atoms with Crippen LogP contribution in [0.2, 0.25) is 0 Å². The van der Waals surface area contributed by atoms with E-state index in [-0.39, 0.29) is 5.94 Å². The summed E-state index contributed by atoms with van der Waals surface area (Å²) < 4.78 is 22.4. The number of fused-ring (bicyclic) bond motifs is 1. The number of nitrogens with zero attached hydrogens (tertiary/aromatic N) is 4. The van der Waals surface area contributed by atoms with Gasteiger partial charge in [-0.05, 0) is 37.1 Å². The highest BCUT2D eigenvalue weighted by molar-refractivity contribution is 8.18. The zero-order chi connectivity index (χ0) is 21.9. The molecule has 0 spiro atoms. The van der Waals surface area contributed by atoms with Crippen LogP contribution in [0, 0.1) is 0 Å². The van der Waals surface area contributed by atoms with E-state index in [0.717, 1.165) is 34.1 Å². The van der Waals surface area contributed by atoms with Gasteiger partial charge in [0.25, 0.3) is 0 Å². The lowest BCUT2D eigenvalue weighted by Gasteiger charge is -2.33. The Kier molecular flexibility index (Phi) is 4.11. The fraction of sp³-hybridized carbons (Fsp3) is 0.250. The van der Waals surface area contributed by atoms with Gasteiger partial charge in [0.1, 0.15) is 5.82 Å². The highest BCUT2D eigenvalue weighted by Crippen LogP contribution is 2.51. The van der Waals surface area contributed by atoms with Crippen LogP contribution >= 0.6 is 0 Å². The van der Waals surface area contributed by atoms with Crippen LogP contribution in [-0.2, 0) is 13.7 Å². The molecule has 8 heteroatoms.